The Labute approximate surface area is 159 Å². The number of hydrogen-bond acceptors (Lipinski definition) is 7. The van der Waals surface area contributed by atoms with Crippen molar-refractivity contribution in [3.05, 3.63) is 48.2 Å². The molecule has 0 amide bonds. The average Bonchev–Trinajstić information content (AvgIpc) is 2.72. The number of rotatable bonds is 6. The standard InChI is InChI=1S/C20H25N5O2/c1-27-19-5-6-20(23-13-19)22-12-17(24-21)14-25-9-7-15(8-10-25)16-3-2-4-18(26)11-16/h2-6,11-13,15,26H,7-10,14,21H2,1H3. The quantitative estimate of drug-likeness (QED) is 0.465. The monoisotopic (exact) mass is 367 g/mol. The number of methoxy groups -OCH3 is 1. The normalized spacial score (nSPS) is 16.7. The first-order valence-electron chi connectivity index (χ1n) is 9.00. The minimum Gasteiger partial charge on any atom is -0.508 e. The molecule has 3 N–H and O–H groups in total. The van der Waals surface area contributed by atoms with Crippen molar-refractivity contribution in [1.29, 1.82) is 0 Å². The van der Waals surface area contributed by atoms with Crippen LogP contribution in [0.5, 0.6) is 11.5 Å². The van der Waals surface area contributed by atoms with Crippen LogP contribution in [0.25, 0.3) is 0 Å². The fourth-order valence-electron chi connectivity index (χ4n) is 3.26. The van der Waals surface area contributed by atoms with Crippen LogP contribution in [0.3, 0.4) is 0 Å². The van der Waals surface area contributed by atoms with E-state index in [0.29, 0.717) is 35.5 Å². The van der Waals surface area contributed by atoms with E-state index < -0.39 is 0 Å². The number of hydrazone groups is 1. The summed E-state index contributed by atoms with van der Waals surface area (Å²) in [5.74, 6) is 7.62. The summed E-state index contributed by atoms with van der Waals surface area (Å²) >= 11 is 0. The van der Waals surface area contributed by atoms with Crippen LogP contribution in [-0.2, 0) is 0 Å². The fourth-order valence-corrected chi connectivity index (χ4v) is 3.26. The van der Waals surface area contributed by atoms with Gasteiger partial charge in [-0.2, -0.15) is 5.10 Å². The van der Waals surface area contributed by atoms with E-state index in [1.165, 1.54) is 5.56 Å². The molecule has 3 rings (SSSR count). The Morgan fingerprint density at radius 2 is 2.15 bits per heavy atom. The molecule has 2 aromatic rings. The first-order chi connectivity index (χ1) is 13.2. The summed E-state index contributed by atoms with van der Waals surface area (Å²) in [6.07, 6.45) is 5.37. The van der Waals surface area contributed by atoms with Crippen LogP contribution < -0.4 is 10.6 Å². The molecule has 7 nitrogen and oxygen atoms in total. The number of nitrogens with zero attached hydrogens (tertiary/aromatic N) is 4. The van der Waals surface area contributed by atoms with E-state index in [1.54, 1.807) is 31.7 Å². The second kappa shape index (κ2) is 9.14. The number of aromatic nitrogens is 1. The third-order valence-electron chi connectivity index (χ3n) is 4.78. The van der Waals surface area contributed by atoms with Crippen molar-refractivity contribution in [2.75, 3.05) is 26.7 Å². The molecular formula is C20H25N5O2. The molecule has 142 valence electrons. The summed E-state index contributed by atoms with van der Waals surface area (Å²) in [5, 5.41) is 13.5. The number of benzene rings is 1. The van der Waals surface area contributed by atoms with Crippen molar-refractivity contribution < 1.29 is 9.84 Å². The van der Waals surface area contributed by atoms with Gasteiger partial charge in [-0.1, -0.05) is 12.1 Å². The second-order valence-electron chi connectivity index (χ2n) is 6.58. The molecule has 27 heavy (non-hydrogen) atoms. The Morgan fingerprint density at radius 1 is 1.33 bits per heavy atom. The molecule has 7 heteroatoms. The summed E-state index contributed by atoms with van der Waals surface area (Å²) in [6, 6.07) is 11.2. The number of phenolic OH excluding ortho intramolecular Hbond substituents is 1. The summed E-state index contributed by atoms with van der Waals surface area (Å²) in [5.41, 5.74) is 1.91. The maximum absolute atomic E-state index is 9.66. The minimum absolute atomic E-state index is 0.329. The van der Waals surface area contributed by atoms with E-state index in [-0.39, 0.29) is 0 Å². The molecule has 0 radical (unpaired) electrons. The maximum Gasteiger partial charge on any atom is 0.152 e. The van der Waals surface area contributed by atoms with Gasteiger partial charge in [-0.3, -0.25) is 4.90 Å². The second-order valence-corrected chi connectivity index (χ2v) is 6.58. The Balaban J connectivity index is 1.52. The van der Waals surface area contributed by atoms with Gasteiger partial charge >= 0.3 is 0 Å². The molecule has 1 saturated heterocycles. The molecular weight excluding hydrogens is 342 g/mol. The van der Waals surface area contributed by atoms with Gasteiger partial charge in [-0.25, -0.2) is 9.98 Å². The Kier molecular flexibility index (Phi) is 6.38. The van der Waals surface area contributed by atoms with Crippen molar-refractivity contribution in [2.24, 2.45) is 15.9 Å². The fraction of sp³-hybridized carbons (Fsp3) is 0.350. The van der Waals surface area contributed by atoms with Crippen LogP contribution in [0.2, 0.25) is 0 Å². The highest BCUT2D eigenvalue weighted by Crippen LogP contribution is 2.29. The molecule has 0 atom stereocenters. The largest absolute Gasteiger partial charge is 0.508 e. The van der Waals surface area contributed by atoms with Gasteiger partial charge in [0.05, 0.1) is 25.2 Å². The lowest BCUT2D eigenvalue weighted by molar-refractivity contribution is 0.239. The molecule has 1 aromatic heterocycles. The number of phenols is 1. The smallest absolute Gasteiger partial charge is 0.152 e. The van der Waals surface area contributed by atoms with E-state index in [0.717, 1.165) is 25.9 Å². The third kappa shape index (κ3) is 5.27. The molecule has 0 aliphatic carbocycles. The highest BCUT2D eigenvalue weighted by molar-refractivity contribution is 6.31. The van der Waals surface area contributed by atoms with E-state index in [2.05, 4.69) is 26.0 Å². The van der Waals surface area contributed by atoms with Crippen LogP contribution in [-0.4, -0.2) is 53.7 Å². The summed E-state index contributed by atoms with van der Waals surface area (Å²) in [6.45, 7) is 2.56. The molecule has 0 spiro atoms. The maximum atomic E-state index is 9.66. The molecule has 1 aliphatic rings. The van der Waals surface area contributed by atoms with Crippen molar-refractivity contribution in [1.82, 2.24) is 9.88 Å². The topological polar surface area (TPSA) is 96.3 Å². The third-order valence-corrected chi connectivity index (χ3v) is 4.78. The number of ether oxygens (including phenoxy) is 1. The van der Waals surface area contributed by atoms with Crippen molar-refractivity contribution in [3.8, 4) is 11.5 Å². The number of piperidine rings is 1. The van der Waals surface area contributed by atoms with Crippen LogP contribution in [0.4, 0.5) is 5.82 Å². The van der Waals surface area contributed by atoms with Crippen LogP contribution in [0, 0.1) is 0 Å². The number of hydrogen-bond donors (Lipinski definition) is 2. The molecule has 2 heterocycles. The lowest BCUT2D eigenvalue weighted by atomic mass is 9.89. The van der Waals surface area contributed by atoms with E-state index in [1.807, 2.05) is 18.2 Å². The van der Waals surface area contributed by atoms with Crippen LogP contribution in [0.15, 0.2) is 52.7 Å². The lowest BCUT2D eigenvalue weighted by Crippen LogP contribution is -2.37. The SMILES string of the molecule is COc1ccc(N=CC(CN2CCC(c3cccc(O)c3)CC2)=NN)nc1. The predicted molar refractivity (Wildman–Crippen MR) is 107 cm³/mol. The first kappa shape index (κ1) is 18.8. The Morgan fingerprint density at radius 3 is 2.78 bits per heavy atom. The van der Waals surface area contributed by atoms with Crippen molar-refractivity contribution in [3.63, 3.8) is 0 Å². The molecule has 0 bridgehead atoms. The van der Waals surface area contributed by atoms with Crippen molar-refractivity contribution in [2.45, 2.75) is 18.8 Å². The Hall–Kier alpha value is -2.93. The van der Waals surface area contributed by atoms with Gasteiger partial charge in [0.25, 0.3) is 0 Å². The van der Waals surface area contributed by atoms with Gasteiger partial charge < -0.3 is 15.7 Å². The summed E-state index contributed by atoms with van der Waals surface area (Å²) < 4.78 is 5.08. The van der Waals surface area contributed by atoms with Crippen LogP contribution >= 0.6 is 0 Å². The number of pyridine rings is 1. The zero-order valence-electron chi connectivity index (χ0n) is 15.5. The molecule has 1 fully saturated rings. The van der Waals surface area contributed by atoms with E-state index in [9.17, 15) is 5.11 Å². The zero-order valence-corrected chi connectivity index (χ0v) is 15.5. The van der Waals surface area contributed by atoms with Gasteiger partial charge in [0, 0.05) is 6.54 Å². The molecule has 1 aliphatic heterocycles. The van der Waals surface area contributed by atoms with Gasteiger partial charge in [-0.15, -0.1) is 0 Å². The van der Waals surface area contributed by atoms with Gasteiger partial charge in [0.15, 0.2) is 5.82 Å². The highest BCUT2D eigenvalue weighted by atomic mass is 16.5. The summed E-state index contributed by atoms with van der Waals surface area (Å²) in [7, 11) is 1.60. The molecule has 0 saturated carbocycles. The van der Waals surface area contributed by atoms with E-state index >= 15 is 0 Å². The average molecular weight is 367 g/mol. The van der Waals surface area contributed by atoms with E-state index in [4.69, 9.17) is 10.6 Å². The van der Waals surface area contributed by atoms with Crippen molar-refractivity contribution >= 4 is 17.7 Å². The van der Waals surface area contributed by atoms with Gasteiger partial charge in [0.2, 0.25) is 0 Å². The van der Waals surface area contributed by atoms with Gasteiger partial charge in [-0.05, 0) is 61.7 Å². The number of aromatic hydroxyl groups is 1. The number of aliphatic imine (C=N–C) groups is 1. The zero-order chi connectivity index (χ0) is 19.1. The lowest BCUT2D eigenvalue weighted by Gasteiger charge is -2.32. The first-order valence-corrected chi connectivity index (χ1v) is 9.00. The molecule has 1 aromatic carbocycles. The van der Waals surface area contributed by atoms with Gasteiger partial charge in [0.1, 0.15) is 11.5 Å². The minimum atomic E-state index is 0.329. The van der Waals surface area contributed by atoms with Crippen LogP contribution in [0.1, 0.15) is 24.3 Å². The number of nitrogens with two attached hydrogens (primary N) is 1. The number of likely N-dealkylation sites (tertiary alicyclic amines) is 1. The Bertz CT molecular complexity index is 796. The molecule has 0 unspecified atom stereocenters. The highest BCUT2D eigenvalue weighted by Gasteiger charge is 2.21. The summed E-state index contributed by atoms with van der Waals surface area (Å²) in [4.78, 5) is 10.9. The predicted octanol–water partition coefficient (Wildman–Crippen LogP) is 2.69.